The van der Waals surface area contributed by atoms with Crippen LogP contribution in [0.1, 0.15) is 44.4 Å². The monoisotopic (exact) mass is 620 g/mol. The van der Waals surface area contributed by atoms with Crippen molar-refractivity contribution in [3.63, 3.8) is 0 Å². The molecule has 0 spiro atoms. The molecule has 1 aliphatic heterocycles. The molecule has 3 amide bonds. The number of amides is 3. The molecule has 0 aromatic heterocycles. The summed E-state index contributed by atoms with van der Waals surface area (Å²) in [5.74, 6) is -2.02. The Hall–Kier alpha value is -6.02. The molecule has 47 heavy (non-hydrogen) atoms. The lowest BCUT2D eigenvalue weighted by atomic mass is 9.55. The van der Waals surface area contributed by atoms with Crippen LogP contribution < -0.4 is 15.0 Å². The van der Waals surface area contributed by atoms with Crippen molar-refractivity contribution >= 4 is 35.1 Å². The highest BCUT2D eigenvalue weighted by molar-refractivity contribution is 6.23. The molecular formula is C39H28N2O6. The van der Waals surface area contributed by atoms with Crippen LogP contribution >= 0.6 is 0 Å². The molecule has 0 unspecified atom stereocenters. The van der Waals surface area contributed by atoms with E-state index >= 15 is 0 Å². The van der Waals surface area contributed by atoms with Gasteiger partial charge in [-0.05, 0) is 76.9 Å². The lowest BCUT2D eigenvalue weighted by molar-refractivity contribution is -0.122. The molecule has 2 atom stereocenters. The van der Waals surface area contributed by atoms with Crippen LogP contribution in [-0.4, -0.2) is 30.3 Å². The fourth-order valence-electron chi connectivity index (χ4n) is 7.35. The van der Waals surface area contributed by atoms with Gasteiger partial charge >= 0.3 is 5.97 Å². The lowest BCUT2D eigenvalue weighted by Gasteiger charge is -2.45. The molecule has 0 radical (unpaired) electrons. The summed E-state index contributed by atoms with van der Waals surface area (Å²) in [7, 11) is 0. The number of carbonyl (C=O) groups is 4. The minimum Gasteiger partial charge on any atom is -0.457 e. The molecular weight excluding hydrogens is 592 g/mol. The van der Waals surface area contributed by atoms with E-state index in [0.29, 0.717) is 22.9 Å². The summed E-state index contributed by atoms with van der Waals surface area (Å²) >= 11 is 0. The van der Waals surface area contributed by atoms with Gasteiger partial charge in [-0.25, -0.2) is 9.69 Å². The Morgan fingerprint density at radius 1 is 0.617 bits per heavy atom. The summed E-state index contributed by atoms with van der Waals surface area (Å²) < 4.78 is 11.1. The molecule has 4 aliphatic rings. The van der Waals surface area contributed by atoms with E-state index in [2.05, 4.69) is 29.6 Å². The van der Waals surface area contributed by atoms with E-state index in [1.807, 2.05) is 54.6 Å². The van der Waals surface area contributed by atoms with Crippen LogP contribution in [0.15, 0.2) is 127 Å². The number of carbonyl (C=O) groups excluding carboxylic acids is 4. The first-order valence-corrected chi connectivity index (χ1v) is 15.4. The van der Waals surface area contributed by atoms with E-state index < -0.39 is 30.3 Å². The Morgan fingerprint density at radius 2 is 1.15 bits per heavy atom. The highest BCUT2D eigenvalue weighted by Gasteiger charge is 2.61. The second kappa shape index (κ2) is 11.4. The Bertz CT molecular complexity index is 1940. The molecule has 1 saturated heterocycles. The Morgan fingerprint density at radius 3 is 1.72 bits per heavy atom. The van der Waals surface area contributed by atoms with Gasteiger partial charge in [0.1, 0.15) is 11.5 Å². The van der Waals surface area contributed by atoms with Crippen molar-refractivity contribution in [3.05, 3.63) is 155 Å². The minimum atomic E-state index is -0.745. The van der Waals surface area contributed by atoms with Crippen LogP contribution in [0.4, 0.5) is 11.4 Å². The molecule has 5 aromatic rings. The van der Waals surface area contributed by atoms with Gasteiger partial charge in [0, 0.05) is 17.5 Å². The van der Waals surface area contributed by atoms with Crippen LogP contribution in [0.2, 0.25) is 0 Å². The maximum atomic E-state index is 14.1. The zero-order valence-corrected chi connectivity index (χ0v) is 25.0. The molecule has 9 rings (SSSR count). The number of nitrogens with zero attached hydrogens (tertiary/aromatic N) is 1. The fourth-order valence-corrected chi connectivity index (χ4v) is 7.35. The Balaban J connectivity index is 0.955. The molecule has 2 bridgehead atoms. The highest BCUT2D eigenvalue weighted by Crippen LogP contribution is 2.61. The van der Waals surface area contributed by atoms with Gasteiger partial charge in [0.2, 0.25) is 11.8 Å². The zero-order valence-electron chi connectivity index (χ0n) is 25.0. The highest BCUT2D eigenvalue weighted by atomic mass is 16.5. The third kappa shape index (κ3) is 4.86. The topological polar surface area (TPSA) is 102 Å². The van der Waals surface area contributed by atoms with Gasteiger partial charge in [-0.15, -0.1) is 0 Å². The van der Waals surface area contributed by atoms with Crippen molar-refractivity contribution in [3.8, 4) is 11.5 Å². The molecule has 1 heterocycles. The van der Waals surface area contributed by atoms with Gasteiger partial charge < -0.3 is 14.8 Å². The Kier molecular flexibility index (Phi) is 6.90. The number of hydrogen-bond acceptors (Lipinski definition) is 6. The zero-order chi connectivity index (χ0) is 32.1. The van der Waals surface area contributed by atoms with E-state index in [4.69, 9.17) is 9.47 Å². The van der Waals surface area contributed by atoms with Crippen LogP contribution in [0.5, 0.6) is 11.5 Å². The molecule has 0 saturated carbocycles. The molecule has 1 N–H and O–H groups in total. The normalized spacial score (nSPS) is 20.2. The molecule has 5 aromatic carbocycles. The van der Waals surface area contributed by atoms with Gasteiger partial charge in [-0.1, -0.05) is 72.8 Å². The quantitative estimate of drug-likeness (QED) is 0.161. The maximum absolute atomic E-state index is 14.1. The predicted octanol–water partition coefficient (Wildman–Crippen LogP) is 6.67. The van der Waals surface area contributed by atoms with Crippen LogP contribution in [0.3, 0.4) is 0 Å². The number of nitrogens with one attached hydrogen (secondary N) is 1. The molecule has 230 valence electrons. The van der Waals surface area contributed by atoms with Crippen LogP contribution in [0, 0.1) is 11.8 Å². The fraction of sp³-hybridized carbons (Fsp3) is 0.128. The van der Waals surface area contributed by atoms with E-state index in [1.54, 1.807) is 36.4 Å². The van der Waals surface area contributed by atoms with Crippen LogP contribution in [0.25, 0.3) is 0 Å². The first kappa shape index (κ1) is 28.5. The lowest BCUT2D eigenvalue weighted by Crippen LogP contribution is -2.41. The van der Waals surface area contributed by atoms with Gasteiger partial charge in [-0.2, -0.15) is 0 Å². The van der Waals surface area contributed by atoms with Gasteiger partial charge in [0.15, 0.2) is 6.61 Å². The largest absolute Gasteiger partial charge is 0.457 e. The van der Waals surface area contributed by atoms with E-state index in [-0.39, 0.29) is 29.2 Å². The maximum Gasteiger partial charge on any atom is 0.338 e. The average Bonchev–Trinajstić information content (AvgIpc) is 3.38. The first-order chi connectivity index (χ1) is 23.0. The molecule has 8 nitrogen and oxygen atoms in total. The number of ether oxygens (including phenoxy) is 2. The minimum absolute atomic E-state index is 0.128. The van der Waals surface area contributed by atoms with E-state index in [1.165, 1.54) is 17.0 Å². The predicted molar refractivity (Wildman–Crippen MR) is 174 cm³/mol. The number of imide groups is 1. The summed E-state index contributed by atoms with van der Waals surface area (Å²) in [4.78, 5) is 54.9. The second-order valence-electron chi connectivity index (χ2n) is 11.9. The van der Waals surface area contributed by atoms with Crippen molar-refractivity contribution in [1.82, 2.24) is 0 Å². The van der Waals surface area contributed by atoms with Crippen molar-refractivity contribution < 1.29 is 28.7 Å². The van der Waals surface area contributed by atoms with Gasteiger partial charge in [0.05, 0.1) is 23.1 Å². The Labute approximate surface area is 270 Å². The van der Waals surface area contributed by atoms with Crippen molar-refractivity contribution in [2.24, 2.45) is 11.8 Å². The number of hydrogen-bond donors (Lipinski definition) is 1. The summed E-state index contributed by atoms with van der Waals surface area (Å²) in [5.41, 5.74) is 5.31. The van der Waals surface area contributed by atoms with E-state index in [0.717, 1.165) is 22.3 Å². The third-order valence-electron chi connectivity index (χ3n) is 9.24. The second-order valence-corrected chi connectivity index (χ2v) is 11.9. The average molecular weight is 621 g/mol. The summed E-state index contributed by atoms with van der Waals surface area (Å²) in [6.07, 6.45) is 0. The molecule has 3 aliphatic carbocycles. The third-order valence-corrected chi connectivity index (χ3v) is 9.24. The number of esters is 1. The summed E-state index contributed by atoms with van der Waals surface area (Å²) in [6, 6.07) is 38.5. The smallest absolute Gasteiger partial charge is 0.338 e. The van der Waals surface area contributed by atoms with E-state index in [9.17, 15) is 19.2 Å². The SMILES string of the molecule is O=C(COC(=O)c1cccc(N2C(=O)[C@@H]3C4c5ccccc5C(c5ccccc54)[C@H]3C2=O)c1)Nc1ccc(Oc2ccccc2)cc1. The standard InChI is InChI=1S/C39H28N2O6/c42-32(40-24-17-19-27(20-18-24)47-26-11-2-1-3-12-26)22-46-39(45)23-9-8-10-25(21-23)41-37(43)35-33-28-13-4-5-14-29(28)34(36(35)38(41)44)31-16-7-6-15-30(31)33/h1-21,33-36H,22H2,(H,40,42)/t33?,34?,35-,36-/m1/s1. The number of anilines is 2. The van der Waals surface area contributed by atoms with Gasteiger partial charge in [-0.3, -0.25) is 14.4 Å². The number of benzene rings is 5. The van der Waals surface area contributed by atoms with Crippen LogP contribution in [-0.2, 0) is 19.1 Å². The summed E-state index contributed by atoms with van der Waals surface area (Å²) in [6.45, 7) is -0.517. The summed E-state index contributed by atoms with van der Waals surface area (Å²) in [5, 5.41) is 2.70. The van der Waals surface area contributed by atoms with Crippen molar-refractivity contribution in [1.29, 1.82) is 0 Å². The number of para-hydroxylation sites is 1. The van der Waals surface area contributed by atoms with Crippen molar-refractivity contribution in [2.45, 2.75) is 11.8 Å². The first-order valence-electron chi connectivity index (χ1n) is 15.4. The number of rotatable bonds is 7. The molecule has 1 fully saturated rings. The van der Waals surface area contributed by atoms with Crippen molar-refractivity contribution in [2.75, 3.05) is 16.8 Å². The van der Waals surface area contributed by atoms with Gasteiger partial charge in [0.25, 0.3) is 5.91 Å². The molecule has 8 heteroatoms.